The fourth-order valence-electron chi connectivity index (χ4n) is 3.28. The minimum atomic E-state index is -0.113. The van der Waals surface area contributed by atoms with E-state index in [2.05, 4.69) is 36.1 Å². The Hall–Kier alpha value is -0.970. The maximum atomic E-state index is 14.0. The van der Waals surface area contributed by atoms with E-state index in [1.54, 1.807) is 12.1 Å². The van der Waals surface area contributed by atoms with Gasteiger partial charge in [0.15, 0.2) is 0 Å². The largest absolute Gasteiger partial charge is 0.309 e. The lowest BCUT2D eigenvalue weighted by Crippen LogP contribution is -2.36. The zero-order valence-electron chi connectivity index (χ0n) is 13.5. The van der Waals surface area contributed by atoms with E-state index in [9.17, 15) is 4.39 Å². The molecule has 1 saturated heterocycles. The molecule has 0 saturated carbocycles. The molecule has 0 radical (unpaired) electrons. The Morgan fingerprint density at radius 1 is 1.43 bits per heavy atom. The molecule has 2 unspecified atom stereocenters. The summed E-state index contributed by atoms with van der Waals surface area (Å²) in [5, 5.41) is 3.41. The van der Waals surface area contributed by atoms with Crippen molar-refractivity contribution in [1.29, 1.82) is 0 Å². The Morgan fingerprint density at radius 2 is 2.19 bits per heavy atom. The van der Waals surface area contributed by atoms with E-state index >= 15 is 0 Å². The highest BCUT2D eigenvalue weighted by molar-refractivity contribution is 5.21. The van der Waals surface area contributed by atoms with Gasteiger partial charge >= 0.3 is 0 Å². The summed E-state index contributed by atoms with van der Waals surface area (Å²) in [5.41, 5.74) is 0.773. The number of hydrogen-bond acceptors (Lipinski definition) is 3. The number of benzene rings is 1. The molecule has 1 aromatic rings. The first-order valence-electron chi connectivity index (χ1n) is 7.95. The van der Waals surface area contributed by atoms with Gasteiger partial charge in [-0.05, 0) is 45.6 Å². The monoisotopic (exact) mass is 293 g/mol. The van der Waals surface area contributed by atoms with Crippen molar-refractivity contribution in [2.45, 2.75) is 19.4 Å². The van der Waals surface area contributed by atoms with Crippen molar-refractivity contribution in [3.8, 4) is 0 Å². The van der Waals surface area contributed by atoms with Crippen LogP contribution in [0.3, 0.4) is 0 Å². The number of halogens is 1. The van der Waals surface area contributed by atoms with E-state index in [1.807, 2.05) is 12.1 Å². The number of likely N-dealkylation sites (tertiary alicyclic amines) is 1. The van der Waals surface area contributed by atoms with Crippen molar-refractivity contribution in [2.75, 3.05) is 46.8 Å². The molecule has 21 heavy (non-hydrogen) atoms. The van der Waals surface area contributed by atoms with Gasteiger partial charge in [0.05, 0.1) is 0 Å². The van der Waals surface area contributed by atoms with Crippen LogP contribution in [0.25, 0.3) is 0 Å². The first-order valence-corrected chi connectivity index (χ1v) is 7.95. The van der Waals surface area contributed by atoms with Gasteiger partial charge in [-0.15, -0.1) is 0 Å². The van der Waals surface area contributed by atoms with Crippen molar-refractivity contribution in [3.05, 3.63) is 35.6 Å². The first kappa shape index (κ1) is 16.4. The molecule has 0 aromatic heterocycles. The summed E-state index contributed by atoms with van der Waals surface area (Å²) in [6.45, 7) is 7.22. The molecule has 0 bridgehead atoms. The van der Waals surface area contributed by atoms with Crippen molar-refractivity contribution in [1.82, 2.24) is 15.1 Å². The van der Waals surface area contributed by atoms with Crippen LogP contribution in [0.4, 0.5) is 4.39 Å². The molecule has 1 heterocycles. The highest BCUT2D eigenvalue weighted by Crippen LogP contribution is 2.20. The number of rotatable bonds is 7. The highest BCUT2D eigenvalue weighted by Gasteiger charge is 2.22. The van der Waals surface area contributed by atoms with Crippen LogP contribution in [0.15, 0.2) is 24.3 Å². The predicted molar refractivity (Wildman–Crippen MR) is 85.9 cm³/mol. The average molecular weight is 293 g/mol. The van der Waals surface area contributed by atoms with Crippen molar-refractivity contribution in [2.24, 2.45) is 5.92 Å². The third-order valence-corrected chi connectivity index (χ3v) is 4.28. The maximum absolute atomic E-state index is 14.0. The van der Waals surface area contributed by atoms with Crippen molar-refractivity contribution >= 4 is 0 Å². The molecule has 4 heteroatoms. The standard InChI is InChI=1S/C17H28FN3/c1-4-19-17(15-7-5-6-8-16(15)18)13-21(3)12-14-9-10-20(2)11-14/h5-8,14,17,19H,4,9-13H2,1-3H3. The van der Waals surface area contributed by atoms with E-state index in [4.69, 9.17) is 0 Å². The second kappa shape index (κ2) is 7.87. The number of likely N-dealkylation sites (N-methyl/N-ethyl adjacent to an activating group) is 2. The van der Waals surface area contributed by atoms with Gasteiger partial charge in [0.25, 0.3) is 0 Å². The molecule has 0 amide bonds. The van der Waals surface area contributed by atoms with E-state index in [1.165, 1.54) is 19.5 Å². The van der Waals surface area contributed by atoms with Gasteiger partial charge in [-0.25, -0.2) is 4.39 Å². The van der Waals surface area contributed by atoms with Crippen LogP contribution in [-0.4, -0.2) is 56.6 Å². The Labute approximate surface area is 128 Å². The molecule has 2 rings (SSSR count). The van der Waals surface area contributed by atoms with Crippen LogP contribution in [-0.2, 0) is 0 Å². The SMILES string of the molecule is CCNC(CN(C)CC1CCN(C)C1)c1ccccc1F. The topological polar surface area (TPSA) is 18.5 Å². The van der Waals surface area contributed by atoms with Gasteiger partial charge < -0.3 is 15.1 Å². The number of hydrogen-bond donors (Lipinski definition) is 1. The summed E-state index contributed by atoms with van der Waals surface area (Å²) in [6, 6.07) is 7.15. The fourth-order valence-corrected chi connectivity index (χ4v) is 3.28. The Morgan fingerprint density at radius 3 is 2.81 bits per heavy atom. The van der Waals surface area contributed by atoms with Gasteiger partial charge in [0.1, 0.15) is 5.82 Å². The fraction of sp³-hybridized carbons (Fsp3) is 0.647. The Bertz CT molecular complexity index is 438. The van der Waals surface area contributed by atoms with Crippen LogP contribution in [0.5, 0.6) is 0 Å². The summed E-state index contributed by atoms with van der Waals surface area (Å²) < 4.78 is 14.0. The summed E-state index contributed by atoms with van der Waals surface area (Å²) >= 11 is 0. The molecule has 1 aliphatic heterocycles. The molecule has 1 N–H and O–H groups in total. The first-order chi connectivity index (χ1) is 10.1. The molecular weight excluding hydrogens is 265 g/mol. The van der Waals surface area contributed by atoms with Crippen LogP contribution in [0, 0.1) is 11.7 Å². The Kier molecular flexibility index (Phi) is 6.15. The van der Waals surface area contributed by atoms with Gasteiger partial charge in [-0.1, -0.05) is 25.1 Å². The Balaban J connectivity index is 1.94. The smallest absolute Gasteiger partial charge is 0.128 e. The second-order valence-corrected chi connectivity index (χ2v) is 6.27. The van der Waals surface area contributed by atoms with Crippen LogP contribution >= 0.6 is 0 Å². The minimum Gasteiger partial charge on any atom is -0.309 e. The molecule has 3 nitrogen and oxygen atoms in total. The molecular formula is C17H28FN3. The third kappa shape index (κ3) is 4.77. The normalized spacial score (nSPS) is 21.1. The molecule has 1 aliphatic rings. The van der Waals surface area contributed by atoms with Crippen LogP contribution < -0.4 is 5.32 Å². The number of nitrogens with zero attached hydrogens (tertiary/aromatic N) is 2. The molecule has 118 valence electrons. The van der Waals surface area contributed by atoms with E-state index in [-0.39, 0.29) is 11.9 Å². The van der Waals surface area contributed by atoms with Gasteiger partial charge in [-0.3, -0.25) is 0 Å². The van der Waals surface area contributed by atoms with Crippen LogP contribution in [0.1, 0.15) is 24.9 Å². The van der Waals surface area contributed by atoms with Gasteiger partial charge in [0, 0.05) is 31.2 Å². The van der Waals surface area contributed by atoms with Gasteiger partial charge in [-0.2, -0.15) is 0 Å². The summed E-state index contributed by atoms with van der Waals surface area (Å²) in [7, 11) is 4.32. The molecule has 0 aliphatic carbocycles. The summed E-state index contributed by atoms with van der Waals surface area (Å²) in [5.74, 6) is 0.625. The molecule has 2 atom stereocenters. The lowest BCUT2D eigenvalue weighted by atomic mass is 10.0. The van der Waals surface area contributed by atoms with Crippen molar-refractivity contribution < 1.29 is 4.39 Å². The minimum absolute atomic E-state index is 0.0559. The predicted octanol–water partition coefficient (Wildman–Crippen LogP) is 2.36. The summed E-state index contributed by atoms with van der Waals surface area (Å²) in [4.78, 5) is 4.72. The molecule has 1 fully saturated rings. The summed E-state index contributed by atoms with van der Waals surface area (Å²) in [6.07, 6.45) is 1.27. The lowest BCUT2D eigenvalue weighted by molar-refractivity contribution is 0.246. The third-order valence-electron chi connectivity index (χ3n) is 4.28. The highest BCUT2D eigenvalue weighted by atomic mass is 19.1. The van der Waals surface area contributed by atoms with E-state index in [0.29, 0.717) is 0 Å². The van der Waals surface area contributed by atoms with Gasteiger partial charge in [0.2, 0.25) is 0 Å². The quantitative estimate of drug-likeness (QED) is 0.832. The average Bonchev–Trinajstić information content (AvgIpc) is 2.84. The van der Waals surface area contributed by atoms with E-state index in [0.717, 1.165) is 31.1 Å². The molecule has 1 aromatic carbocycles. The lowest BCUT2D eigenvalue weighted by Gasteiger charge is -2.27. The maximum Gasteiger partial charge on any atom is 0.128 e. The zero-order chi connectivity index (χ0) is 15.2. The van der Waals surface area contributed by atoms with Crippen LogP contribution in [0.2, 0.25) is 0 Å². The second-order valence-electron chi connectivity index (χ2n) is 6.27. The zero-order valence-corrected chi connectivity index (χ0v) is 13.5. The van der Waals surface area contributed by atoms with Crippen molar-refractivity contribution in [3.63, 3.8) is 0 Å². The molecule has 0 spiro atoms. The number of nitrogens with one attached hydrogen (secondary N) is 1. The van der Waals surface area contributed by atoms with E-state index < -0.39 is 0 Å².